The van der Waals surface area contributed by atoms with Crippen LogP contribution in [0, 0.1) is 5.41 Å². The van der Waals surface area contributed by atoms with Crippen molar-refractivity contribution in [1.29, 1.82) is 0 Å². The van der Waals surface area contributed by atoms with Gasteiger partial charge in [0.1, 0.15) is 0 Å². The van der Waals surface area contributed by atoms with Gasteiger partial charge in [-0.1, -0.05) is 51.1 Å². The molecular formula is C18H28N2. The molecule has 1 saturated carbocycles. The highest BCUT2D eigenvalue weighted by Crippen LogP contribution is 2.50. The molecule has 3 atom stereocenters. The molecule has 0 bridgehead atoms. The van der Waals surface area contributed by atoms with Crippen LogP contribution in [0.4, 0.5) is 0 Å². The molecule has 1 saturated heterocycles. The lowest BCUT2D eigenvalue weighted by Gasteiger charge is -2.47. The zero-order chi connectivity index (χ0) is 14.4. The van der Waals surface area contributed by atoms with Crippen LogP contribution in [-0.4, -0.2) is 30.1 Å². The summed E-state index contributed by atoms with van der Waals surface area (Å²) in [6.45, 7) is 11.7. The molecule has 110 valence electrons. The van der Waals surface area contributed by atoms with Crippen LogP contribution in [0.3, 0.4) is 0 Å². The van der Waals surface area contributed by atoms with Crippen LogP contribution < -0.4 is 5.32 Å². The van der Waals surface area contributed by atoms with Crippen LogP contribution in [0.2, 0.25) is 0 Å². The van der Waals surface area contributed by atoms with E-state index < -0.39 is 0 Å². The SMILES string of the molecule is CCC1CNC(C)(c2ccccc2)CN1C1CC1(C)C. The Kier molecular flexibility index (Phi) is 3.42. The van der Waals surface area contributed by atoms with Crippen molar-refractivity contribution in [1.82, 2.24) is 10.2 Å². The summed E-state index contributed by atoms with van der Waals surface area (Å²) in [4.78, 5) is 2.78. The van der Waals surface area contributed by atoms with E-state index in [4.69, 9.17) is 0 Å². The van der Waals surface area contributed by atoms with Crippen molar-refractivity contribution in [2.75, 3.05) is 13.1 Å². The summed E-state index contributed by atoms with van der Waals surface area (Å²) in [5.74, 6) is 0. The lowest BCUT2D eigenvalue weighted by molar-refractivity contribution is 0.0656. The molecule has 20 heavy (non-hydrogen) atoms. The minimum Gasteiger partial charge on any atom is -0.305 e. The van der Waals surface area contributed by atoms with Gasteiger partial charge in [-0.3, -0.25) is 4.90 Å². The number of nitrogens with one attached hydrogen (secondary N) is 1. The van der Waals surface area contributed by atoms with Gasteiger partial charge in [-0.05, 0) is 30.7 Å². The van der Waals surface area contributed by atoms with Crippen LogP contribution in [0.5, 0.6) is 0 Å². The third-order valence-electron chi connectivity index (χ3n) is 5.44. The summed E-state index contributed by atoms with van der Waals surface area (Å²) in [5.41, 5.74) is 2.02. The van der Waals surface area contributed by atoms with E-state index in [1.165, 1.54) is 18.4 Å². The van der Waals surface area contributed by atoms with Crippen molar-refractivity contribution in [3.05, 3.63) is 35.9 Å². The van der Waals surface area contributed by atoms with E-state index >= 15 is 0 Å². The maximum Gasteiger partial charge on any atom is 0.0535 e. The van der Waals surface area contributed by atoms with Crippen LogP contribution in [0.1, 0.15) is 46.1 Å². The quantitative estimate of drug-likeness (QED) is 0.907. The molecule has 2 heteroatoms. The van der Waals surface area contributed by atoms with E-state index in [2.05, 4.69) is 68.2 Å². The highest BCUT2D eigenvalue weighted by Gasteiger charge is 2.53. The van der Waals surface area contributed by atoms with E-state index in [0.717, 1.165) is 19.1 Å². The summed E-state index contributed by atoms with van der Waals surface area (Å²) in [6, 6.07) is 12.4. The number of piperazine rings is 1. The lowest BCUT2D eigenvalue weighted by Crippen LogP contribution is -2.62. The maximum atomic E-state index is 3.81. The van der Waals surface area contributed by atoms with Crippen molar-refractivity contribution < 1.29 is 0 Å². The summed E-state index contributed by atoms with van der Waals surface area (Å²) < 4.78 is 0. The van der Waals surface area contributed by atoms with Crippen LogP contribution in [-0.2, 0) is 5.54 Å². The standard InChI is InChI=1S/C18H28N2/c1-5-15-12-19-18(4,14-9-7-6-8-10-14)13-20(15)16-11-17(16,2)3/h6-10,15-16,19H,5,11-13H2,1-4H3. The molecule has 3 unspecified atom stereocenters. The van der Waals surface area contributed by atoms with Crippen molar-refractivity contribution in [2.45, 2.75) is 58.2 Å². The van der Waals surface area contributed by atoms with E-state index in [0.29, 0.717) is 11.5 Å². The average molecular weight is 272 g/mol. The van der Waals surface area contributed by atoms with Crippen LogP contribution in [0.15, 0.2) is 30.3 Å². The molecule has 1 N–H and O–H groups in total. The van der Waals surface area contributed by atoms with Crippen molar-refractivity contribution in [2.24, 2.45) is 5.41 Å². The Morgan fingerprint density at radius 2 is 1.85 bits per heavy atom. The zero-order valence-electron chi connectivity index (χ0n) is 13.3. The van der Waals surface area contributed by atoms with Crippen LogP contribution in [0.25, 0.3) is 0 Å². The van der Waals surface area contributed by atoms with Gasteiger partial charge < -0.3 is 5.32 Å². The highest BCUT2D eigenvalue weighted by atomic mass is 15.3. The second kappa shape index (κ2) is 4.85. The molecule has 1 aromatic carbocycles. The Balaban J connectivity index is 1.83. The fourth-order valence-corrected chi connectivity index (χ4v) is 3.76. The van der Waals surface area contributed by atoms with Gasteiger partial charge in [0.2, 0.25) is 0 Å². The maximum absolute atomic E-state index is 3.81. The van der Waals surface area contributed by atoms with Crippen molar-refractivity contribution in [3.8, 4) is 0 Å². The van der Waals surface area contributed by atoms with Gasteiger partial charge in [0.15, 0.2) is 0 Å². The number of hydrogen-bond acceptors (Lipinski definition) is 2. The third kappa shape index (κ3) is 2.40. The van der Waals surface area contributed by atoms with Crippen LogP contribution >= 0.6 is 0 Å². The zero-order valence-corrected chi connectivity index (χ0v) is 13.3. The minimum absolute atomic E-state index is 0.0889. The molecule has 0 amide bonds. The van der Waals surface area contributed by atoms with Gasteiger partial charge >= 0.3 is 0 Å². The van der Waals surface area contributed by atoms with Gasteiger partial charge in [-0.25, -0.2) is 0 Å². The molecule has 1 aliphatic carbocycles. The van der Waals surface area contributed by atoms with Gasteiger partial charge in [-0.15, -0.1) is 0 Å². The van der Waals surface area contributed by atoms with E-state index in [9.17, 15) is 0 Å². The first kappa shape index (κ1) is 14.1. The topological polar surface area (TPSA) is 15.3 Å². The summed E-state index contributed by atoms with van der Waals surface area (Å²) in [7, 11) is 0. The summed E-state index contributed by atoms with van der Waals surface area (Å²) in [5, 5.41) is 3.81. The Labute approximate surface area is 123 Å². The molecule has 2 nitrogen and oxygen atoms in total. The molecule has 2 aliphatic rings. The minimum atomic E-state index is 0.0889. The van der Waals surface area contributed by atoms with Gasteiger partial charge in [0.25, 0.3) is 0 Å². The Hall–Kier alpha value is -0.860. The monoisotopic (exact) mass is 272 g/mol. The molecule has 3 rings (SSSR count). The lowest BCUT2D eigenvalue weighted by atomic mass is 9.87. The smallest absolute Gasteiger partial charge is 0.0535 e. The highest BCUT2D eigenvalue weighted by molar-refractivity contribution is 5.26. The molecule has 1 aliphatic heterocycles. The number of benzene rings is 1. The first-order valence-corrected chi connectivity index (χ1v) is 8.02. The normalized spacial score (nSPS) is 36.8. The fourth-order valence-electron chi connectivity index (χ4n) is 3.76. The largest absolute Gasteiger partial charge is 0.305 e. The number of nitrogens with zero attached hydrogens (tertiary/aromatic N) is 1. The van der Waals surface area contributed by atoms with E-state index in [-0.39, 0.29) is 5.54 Å². The first-order chi connectivity index (χ1) is 9.46. The number of rotatable bonds is 3. The second-order valence-electron chi connectivity index (χ2n) is 7.52. The predicted molar refractivity (Wildman–Crippen MR) is 84.8 cm³/mol. The summed E-state index contributed by atoms with van der Waals surface area (Å²) >= 11 is 0. The number of hydrogen-bond donors (Lipinski definition) is 1. The molecular weight excluding hydrogens is 244 g/mol. The first-order valence-electron chi connectivity index (χ1n) is 8.02. The summed E-state index contributed by atoms with van der Waals surface area (Å²) in [6.07, 6.45) is 2.60. The Morgan fingerprint density at radius 1 is 1.20 bits per heavy atom. The predicted octanol–water partition coefficient (Wildman–Crippen LogP) is 3.38. The van der Waals surface area contributed by atoms with Gasteiger partial charge in [-0.2, -0.15) is 0 Å². The van der Waals surface area contributed by atoms with Crippen molar-refractivity contribution in [3.63, 3.8) is 0 Å². The molecule has 0 aromatic heterocycles. The molecule has 0 radical (unpaired) electrons. The van der Waals surface area contributed by atoms with Gasteiger partial charge in [0.05, 0.1) is 5.54 Å². The average Bonchev–Trinajstić information content (AvgIpc) is 3.09. The van der Waals surface area contributed by atoms with E-state index in [1.54, 1.807) is 0 Å². The second-order valence-corrected chi connectivity index (χ2v) is 7.52. The molecule has 1 heterocycles. The Bertz CT molecular complexity index is 466. The van der Waals surface area contributed by atoms with Crippen molar-refractivity contribution >= 4 is 0 Å². The molecule has 0 spiro atoms. The Morgan fingerprint density at radius 3 is 2.40 bits per heavy atom. The fraction of sp³-hybridized carbons (Fsp3) is 0.667. The van der Waals surface area contributed by atoms with Gasteiger partial charge in [0, 0.05) is 25.2 Å². The molecule has 1 aromatic rings. The van der Waals surface area contributed by atoms with E-state index in [1.807, 2.05) is 0 Å². The molecule has 2 fully saturated rings. The third-order valence-corrected chi connectivity index (χ3v) is 5.44.